The molecule has 104 valence electrons. The van der Waals surface area contributed by atoms with Crippen molar-refractivity contribution in [3.05, 3.63) is 29.6 Å². The molecule has 0 radical (unpaired) electrons. The first kappa shape index (κ1) is 14.0. The molecule has 0 aliphatic carbocycles. The number of ether oxygens (including phenoxy) is 1. The van der Waals surface area contributed by atoms with E-state index in [0.29, 0.717) is 24.5 Å². The molecular weight excluding hydrogens is 245 g/mol. The first-order valence-corrected chi connectivity index (χ1v) is 6.78. The Morgan fingerprint density at radius 2 is 2.32 bits per heavy atom. The van der Waals surface area contributed by atoms with E-state index in [2.05, 4.69) is 11.9 Å². The lowest BCUT2D eigenvalue weighted by Gasteiger charge is -2.32. The largest absolute Gasteiger partial charge is 0.490 e. The van der Waals surface area contributed by atoms with Gasteiger partial charge in [-0.3, -0.25) is 4.79 Å². The van der Waals surface area contributed by atoms with Crippen LogP contribution in [0, 0.1) is 5.82 Å². The number of carbonyl (C=O) groups is 1. The molecule has 1 fully saturated rings. The van der Waals surface area contributed by atoms with Gasteiger partial charge in [0.2, 0.25) is 0 Å². The van der Waals surface area contributed by atoms with Crippen LogP contribution < -0.4 is 4.74 Å². The predicted octanol–water partition coefficient (Wildman–Crippen LogP) is 2.89. The Morgan fingerprint density at radius 1 is 1.47 bits per heavy atom. The lowest BCUT2D eigenvalue weighted by atomic mass is 10.0. The van der Waals surface area contributed by atoms with E-state index >= 15 is 0 Å². The lowest BCUT2D eigenvalue weighted by Crippen LogP contribution is -2.37. The van der Waals surface area contributed by atoms with E-state index < -0.39 is 5.82 Å². The maximum atomic E-state index is 13.6. The van der Waals surface area contributed by atoms with Crippen LogP contribution in [0.1, 0.15) is 36.0 Å². The number of hydrogen-bond acceptors (Lipinski definition) is 3. The summed E-state index contributed by atoms with van der Waals surface area (Å²) in [5.41, 5.74) is 0.330. The first-order chi connectivity index (χ1) is 9.20. The standard InChI is InChI=1S/C15H20FNO2/c1-17-8-3-2-4-13(17)7-9-19-15-6-5-12(11-18)10-14(15)16/h5-6,10-11,13H,2-4,7-9H2,1H3. The highest BCUT2D eigenvalue weighted by molar-refractivity contribution is 5.74. The highest BCUT2D eigenvalue weighted by Crippen LogP contribution is 2.20. The summed E-state index contributed by atoms with van der Waals surface area (Å²) in [6, 6.07) is 4.82. The van der Waals surface area contributed by atoms with E-state index in [9.17, 15) is 9.18 Å². The molecule has 1 atom stereocenters. The number of carbonyl (C=O) groups excluding carboxylic acids is 1. The number of rotatable bonds is 5. The maximum absolute atomic E-state index is 13.6. The van der Waals surface area contributed by atoms with Gasteiger partial charge in [0, 0.05) is 11.6 Å². The number of piperidine rings is 1. The van der Waals surface area contributed by atoms with Crippen LogP contribution in [-0.2, 0) is 0 Å². The smallest absolute Gasteiger partial charge is 0.165 e. The van der Waals surface area contributed by atoms with Crippen LogP contribution in [0.25, 0.3) is 0 Å². The van der Waals surface area contributed by atoms with Crippen molar-refractivity contribution in [2.75, 3.05) is 20.2 Å². The fraction of sp³-hybridized carbons (Fsp3) is 0.533. The lowest BCUT2D eigenvalue weighted by molar-refractivity contribution is 0.112. The molecule has 1 aromatic carbocycles. The second-order valence-electron chi connectivity index (χ2n) is 5.08. The first-order valence-electron chi connectivity index (χ1n) is 6.78. The van der Waals surface area contributed by atoms with E-state index in [1.807, 2.05) is 0 Å². The second kappa shape index (κ2) is 6.66. The summed E-state index contributed by atoms with van der Waals surface area (Å²) in [6.07, 6.45) is 5.24. The van der Waals surface area contributed by atoms with Crippen molar-refractivity contribution in [3.8, 4) is 5.75 Å². The Kier molecular flexibility index (Phi) is 4.91. The minimum atomic E-state index is -0.471. The summed E-state index contributed by atoms with van der Waals surface area (Å²) in [5.74, 6) is -0.245. The average molecular weight is 265 g/mol. The number of aldehydes is 1. The topological polar surface area (TPSA) is 29.5 Å². The van der Waals surface area contributed by atoms with E-state index in [4.69, 9.17) is 4.74 Å². The number of hydrogen-bond donors (Lipinski definition) is 0. The molecule has 19 heavy (non-hydrogen) atoms. The molecule has 3 nitrogen and oxygen atoms in total. The predicted molar refractivity (Wildman–Crippen MR) is 72.2 cm³/mol. The molecule has 2 rings (SSSR count). The molecule has 0 amide bonds. The molecule has 4 heteroatoms. The molecule has 0 aromatic heterocycles. The summed E-state index contributed by atoms with van der Waals surface area (Å²) >= 11 is 0. The fourth-order valence-corrected chi connectivity index (χ4v) is 2.52. The molecular formula is C15H20FNO2. The van der Waals surface area contributed by atoms with Crippen molar-refractivity contribution in [1.29, 1.82) is 0 Å². The van der Waals surface area contributed by atoms with E-state index in [-0.39, 0.29) is 5.75 Å². The monoisotopic (exact) mass is 265 g/mol. The van der Waals surface area contributed by atoms with Gasteiger partial charge >= 0.3 is 0 Å². The third-order valence-electron chi connectivity index (χ3n) is 3.72. The summed E-state index contributed by atoms with van der Waals surface area (Å²) in [7, 11) is 2.13. The van der Waals surface area contributed by atoms with Crippen molar-refractivity contribution >= 4 is 6.29 Å². The molecule has 1 heterocycles. The molecule has 1 saturated heterocycles. The molecule has 1 aliphatic rings. The van der Waals surface area contributed by atoms with Crippen molar-refractivity contribution in [2.45, 2.75) is 31.7 Å². The molecule has 1 aliphatic heterocycles. The molecule has 0 spiro atoms. The van der Waals surface area contributed by atoms with Gasteiger partial charge in [0.15, 0.2) is 11.6 Å². The summed E-state index contributed by atoms with van der Waals surface area (Å²) < 4.78 is 19.1. The number of benzene rings is 1. The zero-order valence-corrected chi connectivity index (χ0v) is 11.3. The number of likely N-dealkylation sites (tertiary alicyclic amines) is 1. The van der Waals surface area contributed by atoms with Gasteiger partial charge < -0.3 is 9.64 Å². The fourth-order valence-electron chi connectivity index (χ4n) is 2.52. The highest BCUT2D eigenvalue weighted by Gasteiger charge is 2.18. The van der Waals surface area contributed by atoms with E-state index in [1.165, 1.54) is 31.4 Å². The van der Waals surface area contributed by atoms with Gasteiger partial charge in [0.1, 0.15) is 6.29 Å². The van der Waals surface area contributed by atoms with Gasteiger partial charge in [0.05, 0.1) is 6.61 Å². The zero-order valence-electron chi connectivity index (χ0n) is 11.3. The van der Waals surface area contributed by atoms with Crippen LogP contribution in [0.3, 0.4) is 0 Å². The minimum absolute atomic E-state index is 0.226. The molecule has 1 unspecified atom stereocenters. The van der Waals surface area contributed by atoms with Gasteiger partial charge in [-0.1, -0.05) is 6.42 Å². The Morgan fingerprint density at radius 3 is 3.00 bits per heavy atom. The number of halogens is 1. The van der Waals surface area contributed by atoms with Crippen LogP contribution in [0.2, 0.25) is 0 Å². The summed E-state index contributed by atoms with van der Waals surface area (Å²) in [6.45, 7) is 1.64. The molecule has 0 bridgehead atoms. The van der Waals surface area contributed by atoms with Gasteiger partial charge in [-0.2, -0.15) is 0 Å². The normalized spacial score (nSPS) is 20.2. The minimum Gasteiger partial charge on any atom is -0.490 e. The van der Waals surface area contributed by atoms with Crippen LogP contribution in [0.5, 0.6) is 5.75 Å². The highest BCUT2D eigenvalue weighted by atomic mass is 19.1. The van der Waals surface area contributed by atoms with E-state index in [1.54, 1.807) is 6.07 Å². The van der Waals surface area contributed by atoms with Crippen LogP contribution in [-0.4, -0.2) is 37.4 Å². The molecule has 0 N–H and O–H groups in total. The van der Waals surface area contributed by atoms with Crippen molar-refractivity contribution in [3.63, 3.8) is 0 Å². The third-order valence-corrected chi connectivity index (χ3v) is 3.72. The van der Waals surface area contributed by atoms with Crippen molar-refractivity contribution < 1.29 is 13.9 Å². The maximum Gasteiger partial charge on any atom is 0.165 e. The van der Waals surface area contributed by atoms with Crippen LogP contribution in [0.15, 0.2) is 18.2 Å². The van der Waals surface area contributed by atoms with Gasteiger partial charge in [0.25, 0.3) is 0 Å². The molecule has 0 saturated carbocycles. The third kappa shape index (κ3) is 3.77. The zero-order chi connectivity index (χ0) is 13.7. The SMILES string of the molecule is CN1CCCCC1CCOc1ccc(C=O)cc1F. The Balaban J connectivity index is 1.83. The van der Waals surface area contributed by atoms with E-state index in [0.717, 1.165) is 13.0 Å². The second-order valence-corrected chi connectivity index (χ2v) is 5.08. The number of nitrogens with zero attached hydrogens (tertiary/aromatic N) is 1. The Bertz CT molecular complexity index is 436. The quantitative estimate of drug-likeness (QED) is 0.767. The average Bonchev–Trinajstić information content (AvgIpc) is 2.42. The van der Waals surface area contributed by atoms with Gasteiger partial charge in [-0.05, 0) is 51.1 Å². The summed E-state index contributed by atoms with van der Waals surface area (Å²) in [5, 5.41) is 0. The van der Waals surface area contributed by atoms with Crippen molar-refractivity contribution in [1.82, 2.24) is 4.90 Å². The van der Waals surface area contributed by atoms with Gasteiger partial charge in [-0.25, -0.2) is 4.39 Å². The Labute approximate surface area is 113 Å². The van der Waals surface area contributed by atoms with Crippen LogP contribution >= 0.6 is 0 Å². The van der Waals surface area contributed by atoms with Crippen LogP contribution in [0.4, 0.5) is 4.39 Å². The van der Waals surface area contributed by atoms with Crippen molar-refractivity contribution in [2.24, 2.45) is 0 Å². The summed E-state index contributed by atoms with van der Waals surface area (Å²) in [4.78, 5) is 12.9. The molecule has 1 aromatic rings. The Hall–Kier alpha value is -1.42. The van der Waals surface area contributed by atoms with Gasteiger partial charge in [-0.15, -0.1) is 0 Å².